The number of aromatic nitrogens is 1. The lowest BCUT2D eigenvalue weighted by Crippen LogP contribution is -2.04. The number of fused-ring (bicyclic) bond motifs is 6. The van der Waals surface area contributed by atoms with E-state index in [1.54, 1.807) is 0 Å². The molecule has 0 bridgehead atoms. The maximum atomic E-state index is 2.51. The molecule has 0 unspecified atom stereocenters. The molecule has 1 nitrogen and oxygen atoms in total. The highest BCUT2D eigenvalue weighted by Crippen LogP contribution is 2.42. The Hall–Kier alpha value is -3.88. The van der Waals surface area contributed by atoms with Gasteiger partial charge in [-0.25, -0.2) is 0 Å². The van der Waals surface area contributed by atoms with Gasteiger partial charge in [0.1, 0.15) is 0 Å². The van der Waals surface area contributed by atoms with Crippen LogP contribution >= 0.6 is 11.3 Å². The molecule has 7 aromatic rings. The van der Waals surface area contributed by atoms with Crippen LogP contribution in [0, 0.1) is 0 Å². The average Bonchev–Trinajstić information content (AvgIpc) is 3.53. The predicted octanol–water partition coefficient (Wildman–Crippen LogP) is 10.9. The Morgan fingerprint density at radius 3 is 2.18 bits per heavy atom. The molecule has 0 atom stereocenters. The van der Waals surface area contributed by atoms with E-state index in [9.17, 15) is 0 Å². The molecule has 1 aliphatic rings. The number of para-hydroxylation sites is 1. The second kappa shape index (κ2) is 8.85. The second-order valence-electron chi connectivity index (χ2n) is 10.8. The van der Waals surface area contributed by atoms with Gasteiger partial charge in [-0.3, -0.25) is 0 Å². The lowest BCUT2D eigenvalue weighted by atomic mass is 9.83. The Morgan fingerprint density at radius 1 is 0.579 bits per heavy atom. The van der Waals surface area contributed by atoms with Crippen molar-refractivity contribution >= 4 is 53.3 Å². The maximum Gasteiger partial charge on any atom is 0.0541 e. The van der Waals surface area contributed by atoms with Crippen molar-refractivity contribution in [3.8, 4) is 16.8 Å². The Morgan fingerprint density at radius 2 is 1.32 bits per heavy atom. The number of thiophene rings is 1. The average molecular weight is 508 g/mol. The van der Waals surface area contributed by atoms with E-state index in [1.165, 1.54) is 96.5 Å². The standard InChI is InChI=1S/C36H29NS/c1-3-10-24(11-4-1)25-18-20-33-31(22-25)32-23-26(19-21-34(32)37(33)27-12-5-2-6-13-27)28-15-9-16-30-29-14-7-8-17-35(29)38-36(28)30/h2,5-9,12-24H,1,3-4,10-11H2. The molecule has 1 saturated carbocycles. The summed E-state index contributed by atoms with van der Waals surface area (Å²) in [5.74, 6) is 0.693. The van der Waals surface area contributed by atoms with Crippen LogP contribution < -0.4 is 0 Å². The van der Waals surface area contributed by atoms with E-state index < -0.39 is 0 Å². The van der Waals surface area contributed by atoms with Crippen molar-refractivity contribution in [2.24, 2.45) is 0 Å². The van der Waals surface area contributed by atoms with Gasteiger partial charge >= 0.3 is 0 Å². The number of nitrogens with zero attached hydrogens (tertiary/aromatic N) is 1. The molecule has 0 amide bonds. The molecular formula is C36H29NS. The lowest BCUT2D eigenvalue weighted by Gasteiger charge is -2.22. The van der Waals surface area contributed by atoms with E-state index in [0.717, 1.165) is 0 Å². The smallest absolute Gasteiger partial charge is 0.0541 e. The van der Waals surface area contributed by atoms with Gasteiger partial charge in [-0.1, -0.05) is 86.0 Å². The summed E-state index contributed by atoms with van der Waals surface area (Å²) < 4.78 is 5.18. The Balaban J connectivity index is 1.39. The Kier molecular flexibility index (Phi) is 5.16. The van der Waals surface area contributed by atoms with Gasteiger partial charge in [0, 0.05) is 36.6 Å². The van der Waals surface area contributed by atoms with Gasteiger partial charge in [-0.15, -0.1) is 11.3 Å². The van der Waals surface area contributed by atoms with E-state index in [0.29, 0.717) is 5.92 Å². The van der Waals surface area contributed by atoms with Crippen LogP contribution in [0.5, 0.6) is 0 Å². The van der Waals surface area contributed by atoms with Gasteiger partial charge in [0.15, 0.2) is 0 Å². The zero-order valence-electron chi connectivity index (χ0n) is 21.4. The summed E-state index contributed by atoms with van der Waals surface area (Å²) in [4.78, 5) is 0. The van der Waals surface area contributed by atoms with E-state index in [2.05, 4.69) is 114 Å². The van der Waals surface area contributed by atoms with Gasteiger partial charge < -0.3 is 4.57 Å². The van der Waals surface area contributed by atoms with Crippen LogP contribution in [-0.4, -0.2) is 4.57 Å². The summed E-state index contributed by atoms with van der Waals surface area (Å²) >= 11 is 1.91. The SMILES string of the molecule is c1ccc(-n2c3ccc(-c4cccc5c4sc4ccccc45)cc3c3cc(C4CCCCC4)ccc32)cc1. The van der Waals surface area contributed by atoms with Gasteiger partial charge in [0.05, 0.1) is 11.0 Å². The second-order valence-corrected chi connectivity index (χ2v) is 11.8. The van der Waals surface area contributed by atoms with Crippen molar-refractivity contribution in [1.29, 1.82) is 0 Å². The zero-order valence-corrected chi connectivity index (χ0v) is 22.2. The first-order valence-corrected chi connectivity index (χ1v) is 14.7. The molecule has 38 heavy (non-hydrogen) atoms. The van der Waals surface area contributed by atoms with Gasteiger partial charge in [-0.2, -0.15) is 0 Å². The van der Waals surface area contributed by atoms with E-state index in [-0.39, 0.29) is 0 Å². The molecule has 0 spiro atoms. The summed E-state index contributed by atoms with van der Waals surface area (Å²) in [5.41, 5.74) is 7.93. The van der Waals surface area contributed by atoms with Crippen molar-refractivity contribution < 1.29 is 0 Å². The molecular weight excluding hydrogens is 478 g/mol. The third kappa shape index (κ3) is 3.44. The van der Waals surface area contributed by atoms with Crippen LogP contribution in [0.15, 0.2) is 109 Å². The summed E-state index contributed by atoms with van der Waals surface area (Å²) in [5, 5.41) is 5.43. The van der Waals surface area contributed by atoms with Gasteiger partial charge in [0.2, 0.25) is 0 Å². The van der Waals surface area contributed by atoms with Gasteiger partial charge in [0.25, 0.3) is 0 Å². The molecule has 0 N–H and O–H groups in total. The number of hydrogen-bond acceptors (Lipinski definition) is 1. The molecule has 1 aliphatic carbocycles. The highest BCUT2D eigenvalue weighted by atomic mass is 32.1. The third-order valence-electron chi connectivity index (χ3n) is 8.60. The summed E-state index contributed by atoms with van der Waals surface area (Å²) in [6, 6.07) is 40.8. The third-order valence-corrected chi connectivity index (χ3v) is 9.82. The minimum absolute atomic E-state index is 0.693. The fourth-order valence-corrected chi connectivity index (χ4v) is 7.97. The largest absolute Gasteiger partial charge is 0.309 e. The zero-order chi connectivity index (χ0) is 25.1. The van der Waals surface area contributed by atoms with Crippen molar-refractivity contribution in [3.05, 3.63) is 115 Å². The van der Waals surface area contributed by atoms with E-state index in [1.807, 2.05) is 11.3 Å². The predicted molar refractivity (Wildman–Crippen MR) is 165 cm³/mol. The topological polar surface area (TPSA) is 4.93 Å². The molecule has 0 aliphatic heterocycles. The molecule has 1 fully saturated rings. The van der Waals surface area contributed by atoms with Crippen LogP contribution in [-0.2, 0) is 0 Å². The van der Waals surface area contributed by atoms with Crippen molar-refractivity contribution in [2.45, 2.75) is 38.0 Å². The number of rotatable bonds is 3. The first-order chi connectivity index (χ1) is 18.8. The monoisotopic (exact) mass is 507 g/mol. The quantitative estimate of drug-likeness (QED) is 0.224. The first kappa shape index (κ1) is 22.1. The number of benzene rings is 5. The fourth-order valence-electron chi connectivity index (χ4n) is 6.73. The molecule has 2 aromatic heterocycles. The molecule has 5 aromatic carbocycles. The van der Waals surface area contributed by atoms with Crippen LogP contribution in [0.2, 0.25) is 0 Å². The molecule has 2 heteroatoms. The van der Waals surface area contributed by atoms with Crippen LogP contribution in [0.1, 0.15) is 43.6 Å². The summed E-state index contributed by atoms with van der Waals surface area (Å²) in [7, 11) is 0. The van der Waals surface area contributed by atoms with E-state index in [4.69, 9.17) is 0 Å². The lowest BCUT2D eigenvalue weighted by molar-refractivity contribution is 0.444. The maximum absolute atomic E-state index is 2.51. The Bertz CT molecular complexity index is 1950. The normalized spacial score (nSPS) is 14.7. The highest BCUT2D eigenvalue weighted by Gasteiger charge is 2.19. The molecule has 0 radical (unpaired) electrons. The van der Waals surface area contributed by atoms with Crippen molar-refractivity contribution in [1.82, 2.24) is 4.57 Å². The van der Waals surface area contributed by atoms with Crippen LogP contribution in [0.4, 0.5) is 0 Å². The first-order valence-electron chi connectivity index (χ1n) is 13.9. The molecule has 2 heterocycles. The minimum atomic E-state index is 0.693. The van der Waals surface area contributed by atoms with Crippen molar-refractivity contribution in [3.63, 3.8) is 0 Å². The van der Waals surface area contributed by atoms with E-state index >= 15 is 0 Å². The van der Waals surface area contributed by atoms with Crippen LogP contribution in [0.3, 0.4) is 0 Å². The molecule has 0 saturated heterocycles. The number of hydrogen-bond donors (Lipinski definition) is 0. The molecule has 8 rings (SSSR count). The Labute approximate surface area is 227 Å². The van der Waals surface area contributed by atoms with Gasteiger partial charge in [-0.05, 0) is 77.9 Å². The molecule has 184 valence electrons. The summed E-state index contributed by atoms with van der Waals surface area (Å²) in [6.07, 6.45) is 6.75. The van der Waals surface area contributed by atoms with Crippen molar-refractivity contribution in [2.75, 3.05) is 0 Å². The highest BCUT2D eigenvalue weighted by molar-refractivity contribution is 7.26. The summed E-state index contributed by atoms with van der Waals surface area (Å²) in [6.45, 7) is 0. The van der Waals surface area contributed by atoms with Crippen LogP contribution in [0.25, 0.3) is 58.8 Å². The minimum Gasteiger partial charge on any atom is -0.309 e. The fraction of sp³-hybridized carbons (Fsp3) is 0.167.